The molecule has 0 aromatic heterocycles. The Morgan fingerprint density at radius 3 is 2.62 bits per heavy atom. The third-order valence-corrected chi connectivity index (χ3v) is 3.76. The first-order chi connectivity index (χ1) is 7.66. The maximum absolute atomic E-state index is 11.7. The Balaban J connectivity index is 2.12. The van der Waals surface area contributed by atoms with Crippen molar-refractivity contribution >= 4 is 12.1 Å². The summed E-state index contributed by atoms with van der Waals surface area (Å²) in [5, 5.41) is 0. The van der Waals surface area contributed by atoms with Gasteiger partial charge in [-0.25, -0.2) is 0 Å². The molecule has 0 amide bonds. The van der Waals surface area contributed by atoms with Crippen LogP contribution in [0, 0.1) is 11.3 Å². The molecule has 0 bridgehead atoms. The molecule has 0 aliphatic heterocycles. The SMILES string of the molecule is C[C@@]1(Cc2ccccc2)C(=O)C[C@H]1CC=O. The number of aldehydes is 1. The number of ketones is 1. The number of benzene rings is 1. The Kier molecular flexibility index (Phi) is 2.90. The molecule has 1 aromatic rings. The van der Waals surface area contributed by atoms with Crippen molar-refractivity contribution in [2.75, 3.05) is 0 Å². The van der Waals surface area contributed by atoms with Gasteiger partial charge in [-0.2, -0.15) is 0 Å². The van der Waals surface area contributed by atoms with Gasteiger partial charge in [0.05, 0.1) is 0 Å². The largest absolute Gasteiger partial charge is 0.303 e. The lowest BCUT2D eigenvalue weighted by atomic mass is 9.57. The van der Waals surface area contributed by atoms with Crippen LogP contribution < -0.4 is 0 Å². The highest BCUT2D eigenvalue weighted by Gasteiger charge is 2.50. The van der Waals surface area contributed by atoms with E-state index in [4.69, 9.17) is 0 Å². The van der Waals surface area contributed by atoms with Gasteiger partial charge in [0.2, 0.25) is 0 Å². The van der Waals surface area contributed by atoms with Crippen molar-refractivity contribution < 1.29 is 9.59 Å². The second-order valence-electron chi connectivity index (χ2n) is 4.81. The van der Waals surface area contributed by atoms with Gasteiger partial charge in [0.1, 0.15) is 12.1 Å². The fourth-order valence-electron chi connectivity index (χ4n) is 2.50. The van der Waals surface area contributed by atoms with Gasteiger partial charge in [0, 0.05) is 18.3 Å². The molecule has 0 N–H and O–H groups in total. The van der Waals surface area contributed by atoms with E-state index in [0.717, 1.165) is 12.7 Å². The van der Waals surface area contributed by atoms with Crippen molar-refractivity contribution in [1.82, 2.24) is 0 Å². The van der Waals surface area contributed by atoms with Gasteiger partial charge in [0.25, 0.3) is 0 Å². The molecule has 1 aromatic carbocycles. The molecule has 0 heterocycles. The molecule has 1 fully saturated rings. The summed E-state index contributed by atoms with van der Waals surface area (Å²) in [6.07, 6.45) is 2.77. The van der Waals surface area contributed by atoms with Gasteiger partial charge in [0.15, 0.2) is 0 Å². The minimum Gasteiger partial charge on any atom is -0.303 e. The molecule has 84 valence electrons. The molecule has 2 heteroatoms. The second kappa shape index (κ2) is 4.20. The van der Waals surface area contributed by atoms with Gasteiger partial charge in [-0.3, -0.25) is 4.79 Å². The molecule has 0 saturated heterocycles. The highest BCUT2D eigenvalue weighted by atomic mass is 16.1. The lowest BCUT2D eigenvalue weighted by Gasteiger charge is -2.45. The normalized spacial score (nSPS) is 28.6. The Morgan fingerprint density at radius 2 is 2.06 bits per heavy atom. The van der Waals surface area contributed by atoms with E-state index in [-0.39, 0.29) is 11.3 Å². The van der Waals surface area contributed by atoms with Gasteiger partial charge in [-0.1, -0.05) is 37.3 Å². The number of carbonyl (C=O) groups is 2. The van der Waals surface area contributed by atoms with Crippen LogP contribution in [0.25, 0.3) is 0 Å². The summed E-state index contributed by atoms with van der Waals surface area (Å²) in [6, 6.07) is 10.0. The summed E-state index contributed by atoms with van der Waals surface area (Å²) in [4.78, 5) is 22.3. The van der Waals surface area contributed by atoms with Crippen molar-refractivity contribution in [2.45, 2.75) is 26.2 Å². The number of hydrogen-bond acceptors (Lipinski definition) is 2. The first-order valence-corrected chi connectivity index (χ1v) is 5.67. The van der Waals surface area contributed by atoms with Gasteiger partial charge in [-0.15, -0.1) is 0 Å². The highest BCUT2D eigenvalue weighted by Crippen LogP contribution is 2.46. The third-order valence-electron chi connectivity index (χ3n) is 3.76. The van der Waals surface area contributed by atoms with Crippen molar-refractivity contribution in [2.24, 2.45) is 11.3 Å². The summed E-state index contributed by atoms with van der Waals surface area (Å²) in [5.41, 5.74) is 0.858. The molecule has 1 saturated carbocycles. The number of Topliss-reactive ketones (excluding diaryl/α,β-unsaturated/α-hetero) is 1. The summed E-state index contributed by atoms with van der Waals surface area (Å²) in [6.45, 7) is 1.99. The number of rotatable bonds is 4. The molecule has 1 aliphatic rings. The zero-order chi connectivity index (χ0) is 11.6. The van der Waals surface area contributed by atoms with Crippen LogP contribution in [0.1, 0.15) is 25.3 Å². The minimum absolute atomic E-state index is 0.234. The third kappa shape index (κ3) is 1.80. The van der Waals surface area contributed by atoms with Crippen LogP contribution in [0.4, 0.5) is 0 Å². The van der Waals surface area contributed by atoms with E-state index in [0.29, 0.717) is 18.6 Å². The van der Waals surface area contributed by atoms with E-state index < -0.39 is 0 Å². The molecular formula is C14H16O2. The van der Waals surface area contributed by atoms with Gasteiger partial charge in [-0.05, 0) is 17.9 Å². The van der Waals surface area contributed by atoms with Crippen LogP contribution in [0.2, 0.25) is 0 Å². The molecule has 2 rings (SSSR count). The zero-order valence-electron chi connectivity index (χ0n) is 9.48. The fraction of sp³-hybridized carbons (Fsp3) is 0.429. The van der Waals surface area contributed by atoms with E-state index in [1.807, 2.05) is 37.3 Å². The van der Waals surface area contributed by atoms with Crippen LogP contribution in [-0.2, 0) is 16.0 Å². The van der Waals surface area contributed by atoms with Crippen LogP contribution in [0.15, 0.2) is 30.3 Å². The summed E-state index contributed by atoms with van der Waals surface area (Å²) in [5.74, 6) is 0.529. The van der Waals surface area contributed by atoms with Crippen molar-refractivity contribution in [1.29, 1.82) is 0 Å². The summed E-state index contributed by atoms with van der Waals surface area (Å²) in [7, 11) is 0. The Hall–Kier alpha value is -1.44. The van der Waals surface area contributed by atoms with Crippen molar-refractivity contribution in [3.63, 3.8) is 0 Å². The topological polar surface area (TPSA) is 34.1 Å². The Labute approximate surface area is 95.7 Å². The number of hydrogen-bond donors (Lipinski definition) is 0. The van der Waals surface area contributed by atoms with E-state index in [2.05, 4.69) is 0 Å². The Bertz CT molecular complexity index is 394. The lowest BCUT2D eigenvalue weighted by Crippen LogP contribution is -2.49. The summed E-state index contributed by atoms with van der Waals surface area (Å²) < 4.78 is 0. The quantitative estimate of drug-likeness (QED) is 0.724. The molecular weight excluding hydrogens is 200 g/mol. The average Bonchev–Trinajstić information content (AvgIpc) is 2.30. The molecule has 0 unspecified atom stereocenters. The van der Waals surface area contributed by atoms with E-state index in [9.17, 15) is 9.59 Å². The van der Waals surface area contributed by atoms with Crippen LogP contribution in [0.5, 0.6) is 0 Å². The molecule has 0 spiro atoms. The lowest BCUT2D eigenvalue weighted by molar-refractivity contribution is -0.145. The van der Waals surface area contributed by atoms with E-state index in [1.165, 1.54) is 5.56 Å². The van der Waals surface area contributed by atoms with Crippen LogP contribution >= 0.6 is 0 Å². The second-order valence-corrected chi connectivity index (χ2v) is 4.81. The monoisotopic (exact) mass is 216 g/mol. The van der Waals surface area contributed by atoms with E-state index >= 15 is 0 Å². The molecule has 16 heavy (non-hydrogen) atoms. The zero-order valence-corrected chi connectivity index (χ0v) is 9.48. The standard InChI is InChI=1S/C14H16O2/c1-14(10-11-5-3-2-4-6-11)12(7-8-15)9-13(14)16/h2-6,8,12H,7,9-10H2,1H3/t12-,14+/m1/s1. The van der Waals surface area contributed by atoms with Gasteiger partial charge < -0.3 is 4.79 Å². The van der Waals surface area contributed by atoms with E-state index in [1.54, 1.807) is 0 Å². The Morgan fingerprint density at radius 1 is 1.38 bits per heavy atom. The van der Waals surface area contributed by atoms with Crippen LogP contribution in [-0.4, -0.2) is 12.1 Å². The fourth-order valence-corrected chi connectivity index (χ4v) is 2.50. The molecule has 2 atom stereocenters. The smallest absolute Gasteiger partial charge is 0.139 e. The molecule has 1 aliphatic carbocycles. The van der Waals surface area contributed by atoms with Crippen molar-refractivity contribution in [3.8, 4) is 0 Å². The molecule has 0 radical (unpaired) electrons. The summed E-state index contributed by atoms with van der Waals surface area (Å²) >= 11 is 0. The maximum atomic E-state index is 11.7. The highest BCUT2D eigenvalue weighted by molar-refractivity contribution is 5.92. The predicted octanol–water partition coefficient (Wildman–Crippen LogP) is 2.41. The van der Waals surface area contributed by atoms with Crippen LogP contribution in [0.3, 0.4) is 0 Å². The average molecular weight is 216 g/mol. The molecule has 2 nitrogen and oxygen atoms in total. The van der Waals surface area contributed by atoms with Gasteiger partial charge >= 0.3 is 0 Å². The number of carbonyl (C=O) groups excluding carboxylic acids is 2. The predicted molar refractivity (Wildman–Crippen MR) is 62.0 cm³/mol. The maximum Gasteiger partial charge on any atom is 0.139 e. The first kappa shape index (κ1) is 11.1. The van der Waals surface area contributed by atoms with Crippen molar-refractivity contribution in [3.05, 3.63) is 35.9 Å². The first-order valence-electron chi connectivity index (χ1n) is 5.67. The minimum atomic E-state index is -0.317.